The lowest BCUT2D eigenvalue weighted by atomic mass is 9.56. The molecule has 2 atom stereocenters. The standard InChI is InChI=1S/C16H25N/c1-6-17-15-10-14(16(15,4)5)13-8-7-11(2)9-12(13)3/h7-9,14-15,17H,6,10H2,1-5H3. The maximum Gasteiger partial charge on any atom is 0.0130 e. The van der Waals surface area contributed by atoms with Crippen LogP contribution < -0.4 is 5.32 Å². The Morgan fingerprint density at radius 2 is 2.00 bits per heavy atom. The lowest BCUT2D eigenvalue weighted by Crippen LogP contribution is -2.55. The zero-order valence-corrected chi connectivity index (χ0v) is 11.8. The topological polar surface area (TPSA) is 12.0 Å². The Kier molecular flexibility index (Phi) is 3.31. The van der Waals surface area contributed by atoms with Crippen molar-refractivity contribution in [1.82, 2.24) is 5.32 Å². The lowest BCUT2D eigenvalue weighted by Gasteiger charge is -2.53. The first kappa shape index (κ1) is 12.6. The monoisotopic (exact) mass is 231 g/mol. The predicted molar refractivity (Wildman–Crippen MR) is 74.5 cm³/mol. The Morgan fingerprint density at radius 1 is 1.29 bits per heavy atom. The van der Waals surface area contributed by atoms with Gasteiger partial charge in [0.1, 0.15) is 0 Å². The molecule has 94 valence electrons. The van der Waals surface area contributed by atoms with Crippen molar-refractivity contribution in [2.75, 3.05) is 6.54 Å². The molecule has 1 fully saturated rings. The van der Waals surface area contributed by atoms with Crippen molar-refractivity contribution in [2.45, 2.75) is 53.0 Å². The summed E-state index contributed by atoms with van der Waals surface area (Å²) in [5.41, 5.74) is 4.76. The van der Waals surface area contributed by atoms with Gasteiger partial charge in [-0.1, -0.05) is 44.5 Å². The Hall–Kier alpha value is -0.820. The fourth-order valence-corrected chi connectivity index (χ4v) is 3.26. The summed E-state index contributed by atoms with van der Waals surface area (Å²) in [5.74, 6) is 0.715. The van der Waals surface area contributed by atoms with E-state index in [4.69, 9.17) is 0 Å². The zero-order chi connectivity index (χ0) is 12.6. The van der Waals surface area contributed by atoms with Crippen LogP contribution in [0, 0.1) is 19.3 Å². The molecule has 0 heterocycles. The van der Waals surface area contributed by atoms with Crippen LogP contribution in [0.15, 0.2) is 18.2 Å². The first-order valence-electron chi connectivity index (χ1n) is 6.77. The third-order valence-corrected chi connectivity index (χ3v) is 4.52. The maximum absolute atomic E-state index is 3.60. The third-order valence-electron chi connectivity index (χ3n) is 4.52. The van der Waals surface area contributed by atoms with Gasteiger partial charge in [0.15, 0.2) is 0 Å². The molecule has 0 bridgehead atoms. The van der Waals surface area contributed by atoms with Crippen LogP contribution in [-0.2, 0) is 0 Å². The highest BCUT2D eigenvalue weighted by Crippen LogP contribution is 2.53. The van der Waals surface area contributed by atoms with Gasteiger partial charge in [0, 0.05) is 6.04 Å². The van der Waals surface area contributed by atoms with Crippen molar-refractivity contribution in [3.8, 4) is 0 Å². The van der Waals surface area contributed by atoms with E-state index in [-0.39, 0.29) is 0 Å². The van der Waals surface area contributed by atoms with Crippen LogP contribution in [0.1, 0.15) is 49.8 Å². The molecule has 17 heavy (non-hydrogen) atoms. The van der Waals surface area contributed by atoms with Crippen LogP contribution in [-0.4, -0.2) is 12.6 Å². The molecule has 1 aromatic rings. The minimum Gasteiger partial charge on any atom is -0.314 e. The van der Waals surface area contributed by atoms with Gasteiger partial charge in [-0.15, -0.1) is 0 Å². The van der Waals surface area contributed by atoms with Gasteiger partial charge < -0.3 is 5.32 Å². The fraction of sp³-hybridized carbons (Fsp3) is 0.625. The molecule has 1 N–H and O–H groups in total. The number of nitrogens with one attached hydrogen (secondary N) is 1. The lowest BCUT2D eigenvalue weighted by molar-refractivity contribution is 0.0702. The van der Waals surface area contributed by atoms with Gasteiger partial charge >= 0.3 is 0 Å². The largest absolute Gasteiger partial charge is 0.314 e. The average Bonchev–Trinajstić information content (AvgIpc) is 2.25. The highest BCUT2D eigenvalue weighted by Gasteiger charge is 2.48. The quantitative estimate of drug-likeness (QED) is 0.834. The highest BCUT2D eigenvalue weighted by atomic mass is 15.0. The van der Waals surface area contributed by atoms with Crippen molar-refractivity contribution < 1.29 is 0 Å². The second-order valence-electron chi connectivity index (χ2n) is 6.08. The van der Waals surface area contributed by atoms with Crippen molar-refractivity contribution in [1.29, 1.82) is 0 Å². The Morgan fingerprint density at radius 3 is 2.53 bits per heavy atom. The summed E-state index contributed by atoms with van der Waals surface area (Å²) >= 11 is 0. The molecule has 0 radical (unpaired) electrons. The molecule has 1 saturated carbocycles. The number of aryl methyl sites for hydroxylation is 2. The van der Waals surface area contributed by atoms with Crippen LogP contribution in [0.25, 0.3) is 0 Å². The van der Waals surface area contributed by atoms with Crippen molar-refractivity contribution >= 4 is 0 Å². The summed E-state index contributed by atoms with van der Waals surface area (Å²) in [6, 6.07) is 7.57. The fourth-order valence-electron chi connectivity index (χ4n) is 3.26. The summed E-state index contributed by atoms with van der Waals surface area (Å²) in [4.78, 5) is 0. The zero-order valence-electron chi connectivity index (χ0n) is 11.8. The summed E-state index contributed by atoms with van der Waals surface area (Å²) in [6.45, 7) is 12.5. The molecular weight excluding hydrogens is 206 g/mol. The van der Waals surface area contributed by atoms with Gasteiger partial charge in [0.25, 0.3) is 0 Å². The maximum atomic E-state index is 3.60. The van der Waals surface area contributed by atoms with Gasteiger partial charge in [-0.05, 0) is 49.3 Å². The predicted octanol–water partition coefficient (Wildman–Crippen LogP) is 3.80. The third kappa shape index (κ3) is 2.13. The van der Waals surface area contributed by atoms with Gasteiger partial charge in [0.2, 0.25) is 0 Å². The smallest absolute Gasteiger partial charge is 0.0130 e. The molecule has 1 aliphatic carbocycles. The van der Waals surface area contributed by atoms with Crippen LogP contribution in [0.4, 0.5) is 0 Å². The van der Waals surface area contributed by atoms with E-state index in [9.17, 15) is 0 Å². The Bertz CT molecular complexity index is 406. The van der Waals surface area contributed by atoms with Crippen LogP contribution in [0.5, 0.6) is 0 Å². The molecular formula is C16H25N. The van der Waals surface area contributed by atoms with Gasteiger partial charge in [-0.2, -0.15) is 0 Å². The molecule has 0 amide bonds. The van der Waals surface area contributed by atoms with E-state index in [1.165, 1.54) is 17.5 Å². The van der Waals surface area contributed by atoms with Gasteiger partial charge in [-0.3, -0.25) is 0 Å². The van der Waals surface area contributed by atoms with E-state index in [2.05, 4.69) is 58.1 Å². The summed E-state index contributed by atoms with van der Waals surface area (Å²) < 4.78 is 0. The molecule has 0 saturated heterocycles. The average molecular weight is 231 g/mol. The van der Waals surface area contributed by atoms with E-state index >= 15 is 0 Å². The second-order valence-corrected chi connectivity index (χ2v) is 6.08. The van der Waals surface area contributed by atoms with Crippen LogP contribution >= 0.6 is 0 Å². The molecule has 0 spiro atoms. The van der Waals surface area contributed by atoms with E-state index in [1.807, 2.05) is 0 Å². The second kappa shape index (κ2) is 4.45. The van der Waals surface area contributed by atoms with Gasteiger partial charge in [0.05, 0.1) is 0 Å². The number of hydrogen-bond donors (Lipinski definition) is 1. The number of hydrogen-bond acceptors (Lipinski definition) is 1. The summed E-state index contributed by atoms with van der Waals surface area (Å²) in [5, 5.41) is 3.60. The van der Waals surface area contributed by atoms with E-state index in [0.29, 0.717) is 17.4 Å². The molecule has 1 aliphatic rings. The van der Waals surface area contributed by atoms with E-state index in [0.717, 1.165) is 6.54 Å². The molecule has 0 aliphatic heterocycles. The van der Waals surface area contributed by atoms with Gasteiger partial charge in [-0.25, -0.2) is 0 Å². The van der Waals surface area contributed by atoms with Crippen LogP contribution in [0.3, 0.4) is 0 Å². The van der Waals surface area contributed by atoms with Crippen molar-refractivity contribution in [3.63, 3.8) is 0 Å². The number of rotatable bonds is 3. The molecule has 0 aromatic heterocycles. The molecule has 1 heteroatoms. The normalized spacial score (nSPS) is 26.6. The Labute approximate surface area is 106 Å². The minimum atomic E-state index is 0.385. The summed E-state index contributed by atoms with van der Waals surface area (Å²) in [6.07, 6.45) is 1.28. The molecule has 2 rings (SSSR count). The SMILES string of the molecule is CCNC1CC(c2ccc(C)cc2C)C1(C)C. The highest BCUT2D eigenvalue weighted by molar-refractivity contribution is 5.37. The Balaban J connectivity index is 2.20. The molecule has 1 aromatic carbocycles. The van der Waals surface area contributed by atoms with Crippen LogP contribution in [0.2, 0.25) is 0 Å². The minimum absolute atomic E-state index is 0.385. The molecule has 2 unspecified atom stereocenters. The van der Waals surface area contributed by atoms with E-state index < -0.39 is 0 Å². The number of benzene rings is 1. The molecule has 1 nitrogen and oxygen atoms in total. The first-order chi connectivity index (χ1) is 7.96. The van der Waals surface area contributed by atoms with Crippen molar-refractivity contribution in [3.05, 3.63) is 34.9 Å². The van der Waals surface area contributed by atoms with Crippen molar-refractivity contribution in [2.24, 2.45) is 5.41 Å². The van der Waals surface area contributed by atoms with E-state index in [1.54, 1.807) is 5.56 Å². The first-order valence-corrected chi connectivity index (χ1v) is 6.77. The summed E-state index contributed by atoms with van der Waals surface area (Å²) in [7, 11) is 0.